The number of carbonyl (C=O) groups excluding carboxylic acids is 3. The molecule has 0 spiro atoms. The molecule has 0 atom stereocenters. The smallest absolute Gasteiger partial charge is 0.407 e. The van der Waals surface area contributed by atoms with Crippen LogP contribution in [0, 0.1) is 0 Å². The summed E-state index contributed by atoms with van der Waals surface area (Å²) in [5, 5.41) is 3.10. The van der Waals surface area contributed by atoms with Gasteiger partial charge in [-0.1, -0.05) is 0 Å². The lowest BCUT2D eigenvalue weighted by Gasteiger charge is -2.04. The summed E-state index contributed by atoms with van der Waals surface area (Å²) < 4.78 is 9.62. The molecule has 0 saturated heterocycles. The van der Waals surface area contributed by atoms with Crippen molar-refractivity contribution >= 4 is 28.7 Å². The topological polar surface area (TPSA) is 97.5 Å². The van der Waals surface area contributed by atoms with Crippen molar-refractivity contribution in [3.05, 3.63) is 35.5 Å². The van der Waals surface area contributed by atoms with E-state index in [1.54, 1.807) is 38.1 Å². The molecule has 7 nitrogen and oxygen atoms in total. The van der Waals surface area contributed by atoms with Gasteiger partial charge in [0.15, 0.2) is 5.78 Å². The van der Waals surface area contributed by atoms with E-state index in [2.05, 4.69) is 10.3 Å². The Morgan fingerprint density at radius 1 is 1.09 bits per heavy atom. The predicted molar refractivity (Wildman–Crippen MR) is 83.6 cm³/mol. The van der Waals surface area contributed by atoms with Gasteiger partial charge in [0.2, 0.25) is 0 Å². The zero-order chi connectivity index (χ0) is 16.8. The standard InChI is InChI=1S/C16H18N2O5/c1-3-22-15(20)13-8-11-7-10(5-6-12(11)18-13)14(19)9-17-16(21)23-4-2/h5-8,18H,3-4,9H2,1-2H3,(H,17,21). The highest BCUT2D eigenvalue weighted by Crippen LogP contribution is 2.18. The maximum Gasteiger partial charge on any atom is 0.407 e. The van der Waals surface area contributed by atoms with Gasteiger partial charge in [-0.2, -0.15) is 0 Å². The lowest BCUT2D eigenvalue weighted by atomic mass is 10.1. The van der Waals surface area contributed by atoms with Crippen LogP contribution in [0.2, 0.25) is 0 Å². The van der Waals surface area contributed by atoms with Crippen molar-refractivity contribution in [2.45, 2.75) is 13.8 Å². The van der Waals surface area contributed by atoms with Gasteiger partial charge < -0.3 is 19.8 Å². The van der Waals surface area contributed by atoms with E-state index < -0.39 is 12.1 Å². The molecule has 0 bridgehead atoms. The van der Waals surface area contributed by atoms with Crippen molar-refractivity contribution in [1.82, 2.24) is 10.3 Å². The number of benzene rings is 1. The third-order valence-electron chi connectivity index (χ3n) is 3.11. The Labute approximate surface area is 133 Å². The van der Waals surface area contributed by atoms with Gasteiger partial charge in [0.1, 0.15) is 5.69 Å². The molecule has 1 heterocycles. The summed E-state index contributed by atoms with van der Waals surface area (Å²) in [6.07, 6.45) is -0.631. The number of rotatable bonds is 6. The Balaban J connectivity index is 2.11. The second-order valence-corrected chi connectivity index (χ2v) is 4.70. The highest BCUT2D eigenvalue weighted by atomic mass is 16.5. The summed E-state index contributed by atoms with van der Waals surface area (Å²) in [6.45, 7) is 3.79. The first-order valence-electron chi connectivity index (χ1n) is 7.28. The zero-order valence-electron chi connectivity index (χ0n) is 13.0. The van der Waals surface area contributed by atoms with Crippen LogP contribution in [0.1, 0.15) is 34.7 Å². The van der Waals surface area contributed by atoms with Gasteiger partial charge in [-0.3, -0.25) is 4.79 Å². The van der Waals surface area contributed by atoms with E-state index in [-0.39, 0.29) is 25.5 Å². The SMILES string of the molecule is CCOC(=O)NCC(=O)c1ccc2[nH]c(C(=O)OCC)cc2c1. The molecule has 0 aliphatic rings. The van der Waals surface area contributed by atoms with Crippen LogP contribution in [-0.4, -0.2) is 42.6 Å². The average molecular weight is 318 g/mol. The Morgan fingerprint density at radius 3 is 2.52 bits per heavy atom. The first-order chi connectivity index (χ1) is 11.0. The fraction of sp³-hybridized carbons (Fsp3) is 0.312. The molecule has 122 valence electrons. The van der Waals surface area contributed by atoms with Crippen LogP contribution in [-0.2, 0) is 9.47 Å². The number of hydrogen-bond acceptors (Lipinski definition) is 5. The highest BCUT2D eigenvalue weighted by Gasteiger charge is 2.13. The van der Waals surface area contributed by atoms with Crippen LogP contribution in [0.15, 0.2) is 24.3 Å². The van der Waals surface area contributed by atoms with Crippen molar-refractivity contribution in [2.24, 2.45) is 0 Å². The van der Waals surface area contributed by atoms with Gasteiger partial charge in [0, 0.05) is 16.5 Å². The van der Waals surface area contributed by atoms with Crippen LogP contribution in [0.4, 0.5) is 4.79 Å². The largest absolute Gasteiger partial charge is 0.461 e. The third kappa shape index (κ3) is 4.09. The summed E-state index contributed by atoms with van der Waals surface area (Å²) in [5.41, 5.74) is 1.49. The van der Waals surface area contributed by atoms with Crippen molar-refractivity contribution < 1.29 is 23.9 Å². The zero-order valence-corrected chi connectivity index (χ0v) is 13.0. The molecule has 0 aliphatic carbocycles. The molecule has 0 fully saturated rings. The van der Waals surface area contributed by atoms with E-state index in [9.17, 15) is 14.4 Å². The predicted octanol–water partition coefficient (Wildman–Crippen LogP) is 2.27. The minimum atomic E-state index is -0.631. The molecule has 0 unspecified atom stereocenters. The Kier molecular flexibility index (Phi) is 5.35. The van der Waals surface area contributed by atoms with E-state index in [0.29, 0.717) is 11.3 Å². The van der Waals surface area contributed by atoms with Gasteiger partial charge in [0.05, 0.1) is 19.8 Å². The summed E-state index contributed by atoms with van der Waals surface area (Å²) in [6, 6.07) is 6.62. The lowest BCUT2D eigenvalue weighted by molar-refractivity contribution is 0.0520. The Bertz CT molecular complexity index is 735. The molecule has 2 aromatic rings. The number of Topliss-reactive ketones (excluding diaryl/α,β-unsaturated/α-hetero) is 1. The normalized spacial score (nSPS) is 10.3. The fourth-order valence-electron chi connectivity index (χ4n) is 2.06. The van der Waals surface area contributed by atoms with Crippen LogP contribution in [0.25, 0.3) is 10.9 Å². The molecular weight excluding hydrogens is 300 g/mol. The minimum Gasteiger partial charge on any atom is -0.461 e. The molecule has 0 saturated carbocycles. The number of H-pyrrole nitrogens is 1. The maximum atomic E-state index is 12.1. The molecule has 23 heavy (non-hydrogen) atoms. The summed E-state index contributed by atoms with van der Waals surface area (Å²) in [7, 11) is 0. The Morgan fingerprint density at radius 2 is 1.83 bits per heavy atom. The number of hydrogen-bond donors (Lipinski definition) is 2. The molecule has 1 aromatic carbocycles. The Hall–Kier alpha value is -2.83. The molecule has 2 N–H and O–H groups in total. The summed E-state index contributed by atoms with van der Waals surface area (Å²) in [5.74, 6) is -0.695. The number of fused-ring (bicyclic) bond motifs is 1. The number of ether oxygens (including phenoxy) is 2. The van der Waals surface area contributed by atoms with Crippen LogP contribution in [0.3, 0.4) is 0 Å². The quantitative estimate of drug-likeness (QED) is 0.629. The van der Waals surface area contributed by atoms with E-state index in [1.807, 2.05) is 0 Å². The number of alkyl carbamates (subject to hydrolysis) is 1. The maximum absolute atomic E-state index is 12.1. The second-order valence-electron chi connectivity index (χ2n) is 4.70. The average Bonchev–Trinajstić information content (AvgIpc) is 2.96. The highest BCUT2D eigenvalue weighted by molar-refractivity contribution is 6.03. The number of nitrogens with one attached hydrogen (secondary N) is 2. The molecule has 2 rings (SSSR count). The van der Waals surface area contributed by atoms with Crippen LogP contribution < -0.4 is 5.32 Å². The lowest BCUT2D eigenvalue weighted by Crippen LogP contribution is -2.30. The number of aromatic nitrogens is 1. The van der Waals surface area contributed by atoms with Gasteiger partial charge in [-0.25, -0.2) is 9.59 Å². The van der Waals surface area contributed by atoms with Crippen molar-refractivity contribution in [2.75, 3.05) is 19.8 Å². The third-order valence-corrected chi connectivity index (χ3v) is 3.11. The van der Waals surface area contributed by atoms with Crippen molar-refractivity contribution in [1.29, 1.82) is 0 Å². The van der Waals surface area contributed by atoms with Crippen LogP contribution in [0.5, 0.6) is 0 Å². The molecule has 7 heteroatoms. The van der Waals surface area contributed by atoms with E-state index in [4.69, 9.17) is 9.47 Å². The van der Waals surface area contributed by atoms with E-state index in [0.717, 1.165) is 10.9 Å². The van der Waals surface area contributed by atoms with Gasteiger partial charge >= 0.3 is 12.1 Å². The first-order valence-corrected chi connectivity index (χ1v) is 7.28. The molecule has 1 aromatic heterocycles. The summed E-state index contributed by atoms with van der Waals surface area (Å²) in [4.78, 5) is 37.9. The number of esters is 1. The number of carbonyl (C=O) groups is 3. The molecule has 0 aliphatic heterocycles. The molecular formula is C16H18N2O5. The first kappa shape index (κ1) is 16.5. The van der Waals surface area contributed by atoms with Gasteiger partial charge in [-0.15, -0.1) is 0 Å². The number of ketones is 1. The van der Waals surface area contributed by atoms with Gasteiger partial charge in [0.25, 0.3) is 0 Å². The number of aromatic amines is 1. The monoisotopic (exact) mass is 318 g/mol. The van der Waals surface area contributed by atoms with E-state index >= 15 is 0 Å². The van der Waals surface area contributed by atoms with Crippen molar-refractivity contribution in [3.8, 4) is 0 Å². The molecule has 0 radical (unpaired) electrons. The second kappa shape index (κ2) is 7.44. The summed E-state index contributed by atoms with van der Waals surface area (Å²) >= 11 is 0. The fourth-order valence-corrected chi connectivity index (χ4v) is 2.06. The van der Waals surface area contributed by atoms with Crippen molar-refractivity contribution in [3.63, 3.8) is 0 Å². The van der Waals surface area contributed by atoms with Crippen LogP contribution >= 0.6 is 0 Å². The van der Waals surface area contributed by atoms with E-state index in [1.165, 1.54) is 0 Å². The van der Waals surface area contributed by atoms with Gasteiger partial charge in [-0.05, 0) is 38.1 Å². The number of amides is 1. The minimum absolute atomic E-state index is 0.153. The molecule has 1 amide bonds.